The Morgan fingerprint density at radius 3 is 2.83 bits per heavy atom. The fourth-order valence-corrected chi connectivity index (χ4v) is 3.95. The van der Waals surface area contributed by atoms with Crippen LogP contribution < -0.4 is 0 Å². The van der Waals surface area contributed by atoms with Gasteiger partial charge in [-0.15, -0.1) is 11.3 Å². The van der Waals surface area contributed by atoms with Gasteiger partial charge in [-0.25, -0.2) is 4.39 Å². The van der Waals surface area contributed by atoms with Crippen LogP contribution >= 0.6 is 11.3 Å². The first-order chi connectivity index (χ1) is 11.7. The molecule has 0 N–H and O–H groups in total. The minimum atomic E-state index is -0.261. The van der Waals surface area contributed by atoms with Gasteiger partial charge in [-0.1, -0.05) is 12.1 Å². The van der Waals surface area contributed by atoms with E-state index in [0.29, 0.717) is 38.5 Å². The second kappa shape index (κ2) is 6.37. The molecule has 0 bridgehead atoms. The Hall–Kier alpha value is -2.18. The monoisotopic (exact) mass is 344 g/mol. The number of halogens is 1. The summed E-state index contributed by atoms with van der Waals surface area (Å²) in [4.78, 5) is 15.8. The highest BCUT2D eigenvalue weighted by Crippen LogP contribution is 2.27. The third-order valence-corrected chi connectivity index (χ3v) is 5.20. The molecule has 0 unspecified atom stereocenters. The molecule has 0 saturated carbocycles. The number of ether oxygens (including phenoxy) is 1. The highest BCUT2D eigenvalue weighted by Gasteiger charge is 2.23. The Morgan fingerprint density at radius 2 is 2.04 bits per heavy atom. The molecule has 6 heteroatoms. The number of morpholine rings is 1. The lowest BCUT2D eigenvalue weighted by atomic mass is 10.2. The van der Waals surface area contributed by atoms with Gasteiger partial charge in [0.25, 0.3) is 5.91 Å². The molecule has 2 aromatic heterocycles. The van der Waals surface area contributed by atoms with Crippen molar-refractivity contribution in [3.63, 3.8) is 0 Å². The number of amides is 1. The van der Waals surface area contributed by atoms with Crippen molar-refractivity contribution in [3.8, 4) is 0 Å². The fraction of sp³-hybridized carbons (Fsp3) is 0.278. The third kappa shape index (κ3) is 2.83. The van der Waals surface area contributed by atoms with Gasteiger partial charge in [0.2, 0.25) is 0 Å². The first-order valence-electron chi connectivity index (χ1n) is 7.90. The molecule has 3 aromatic rings. The van der Waals surface area contributed by atoms with Gasteiger partial charge in [0.05, 0.1) is 13.2 Å². The van der Waals surface area contributed by atoms with E-state index in [-0.39, 0.29) is 11.7 Å². The summed E-state index contributed by atoms with van der Waals surface area (Å²) in [6.45, 7) is 2.85. The zero-order valence-corrected chi connectivity index (χ0v) is 13.9. The Kier molecular flexibility index (Phi) is 4.08. The topological polar surface area (TPSA) is 34.5 Å². The Labute approximate surface area is 143 Å². The lowest BCUT2D eigenvalue weighted by Crippen LogP contribution is -2.41. The quantitative estimate of drug-likeness (QED) is 0.730. The summed E-state index contributed by atoms with van der Waals surface area (Å²) in [7, 11) is 0. The molecule has 1 amide bonds. The molecular formula is C18H17FN2O2S. The van der Waals surface area contributed by atoms with Crippen molar-refractivity contribution in [1.82, 2.24) is 9.47 Å². The number of rotatable bonds is 3. The number of thiophene rings is 1. The minimum Gasteiger partial charge on any atom is -0.378 e. The smallest absolute Gasteiger partial charge is 0.270 e. The summed E-state index contributed by atoms with van der Waals surface area (Å²) in [6.07, 6.45) is 0. The average Bonchev–Trinajstić information content (AvgIpc) is 3.18. The van der Waals surface area contributed by atoms with E-state index in [9.17, 15) is 9.18 Å². The van der Waals surface area contributed by atoms with Crippen LogP contribution in [0.1, 0.15) is 16.1 Å². The summed E-state index contributed by atoms with van der Waals surface area (Å²) in [5.74, 6) is -0.249. The second-order valence-electron chi connectivity index (χ2n) is 5.83. The van der Waals surface area contributed by atoms with Crippen molar-refractivity contribution in [1.29, 1.82) is 0 Å². The van der Waals surface area contributed by atoms with Crippen LogP contribution in [0.4, 0.5) is 4.39 Å². The molecule has 24 heavy (non-hydrogen) atoms. The zero-order valence-electron chi connectivity index (χ0n) is 13.1. The van der Waals surface area contributed by atoms with Gasteiger partial charge >= 0.3 is 0 Å². The van der Waals surface area contributed by atoms with Gasteiger partial charge in [0.15, 0.2) is 0 Å². The number of hydrogen-bond donors (Lipinski definition) is 0. The van der Waals surface area contributed by atoms with Crippen molar-refractivity contribution in [3.05, 3.63) is 58.9 Å². The molecule has 1 saturated heterocycles. The minimum absolute atomic E-state index is 0.0121. The normalized spacial score (nSPS) is 15.1. The van der Waals surface area contributed by atoms with Crippen LogP contribution in [0.25, 0.3) is 10.2 Å². The average molecular weight is 344 g/mol. The number of nitrogens with zero attached hydrogens (tertiary/aromatic N) is 2. The molecular weight excluding hydrogens is 327 g/mol. The van der Waals surface area contributed by atoms with Gasteiger partial charge in [-0.3, -0.25) is 4.79 Å². The summed E-state index contributed by atoms with van der Waals surface area (Å²) in [6, 6.07) is 10.5. The number of benzene rings is 1. The van der Waals surface area contributed by atoms with Crippen molar-refractivity contribution in [2.75, 3.05) is 26.3 Å². The highest BCUT2D eigenvalue weighted by atomic mass is 32.1. The first kappa shape index (κ1) is 15.4. The first-order valence-corrected chi connectivity index (χ1v) is 8.78. The van der Waals surface area contributed by atoms with Gasteiger partial charge in [-0.2, -0.15) is 0 Å². The molecule has 3 heterocycles. The van der Waals surface area contributed by atoms with E-state index in [4.69, 9.17) is 4.74 Å². The molecule has 0 spiro atoms. The third-order valence-electron chi connectivity index (χ3n) is 4.25. The lowest BCUT2D eigenvalue weighted by Gasteiger charge is -2.27. The molecule has 0 radical (unpaired) electrons. The number of aromatic nitrogens is 1. The van der Waals surface area contributed by atoms with E-state index in [1.807, 2.05) is 33.0 Å². The predicted molar refractivity (Wildman–Crippen MR) is 92.0 cm³/mol. The predicted octanol–water partition coefficient (Wildman–Crippen LogP) is 3.36. The molecule has 1 aliphatic rings. The van der Waals surface area contributed by atoms with E-state index >= 15 is 0 Å². The van der Waals surface area contributed by atoms with Gasteiger partial charge in [0.1, 0.15) is 16.3 Å². The fourth-order valence-electron chi connectivity index (χ4n) is 3.06. The van der Waals surface area contributed by atoms with E-state index in [2.05, 4.69) is 0 Å². The largest absolute Gasteiger partial charge is 0.378 e. The number of carbonyl (C=O) groups is 1. The van der Waals surface area contributed by atoms with Crippen LogP contribution in [-0.2, 0) is 11.3 Å². The Morgan fingerprint density at radius 1 is 1.21 bits per heavy atom. The highest BCUT2D eigenvalue weighted by molar-refractivity contribution is 7.16. The molecule has 0 atom stereocenters. The SMILES string of the molecule is O=C(c1cc2ccsc2n1Cc1cccc(F)c1)N1CCOCC1. The maximum Gasteiger partial charge on any atom is 0.270 e. The van der Waals surface area contributed by atoms with E-state index in [1.165, 1.54) is 12.1 Å². The lowest BCUT2D eigenvalue weighted by molar-refractivity contribution is 0.0296. The van der Waals surface area contributed by atoms with E-state index < -0.39 is 0 Å². The maximum absolute atomic E-state index is 13.5. The van der Waals surface area contributed by atoms with Crippen molar-refractivity contribution < 1.29 is 13.9 Å². The standard InChI is InChI=1S/C18H17FN2O2S/c19-15-3-1-2-13(10-15)12-21-16(11-14-4-9-24-18(14)21)17(22)20-5-7-23-8-6-20/h1-4,9-11H,5-8,12H2. The van der Waals surface area contributed by atoms with Crippen LogP contribution in [0.15, 0.2) is 41.8 Å². The van der Waals surface area contributed by atoms with Crippen LogP contribution in [0, 0.1) is 5.82 Å². The molecule has 1 aliphatic heterocycles. The summed E-state index contributed by atoms with van der Waals surface area (Å²) < 4.78 is 20.8. The summed E-state index contributed by atoms with van der Waals surface area (Å²) in [5, 5.41) is 3.06. The Balaban J connectivity index is 1.72. The van der Waals surface area contributed by atoms with E-state index in [0.717, 1.165) is 15.8 Å². The maximum atomic E-state index is 13.5. The number of hydrogen-bond acceptors (Lipinski definition) is 3. The molecule has 4 nitrogen and oxygen atoms in total. The summed E-state index contributed by atoms with van der Waals surface area (Å²) in [5.41, 5.74) is 1.50. The molecule has 0 aliphatic carbocycles. The van der Waals surface area contributed by atoms with Crippen LogP contribution in [0.2, 0.25) is 0 Å². The summed E-state index contributed by atoms with van der Waals surface area (Å²) >= 11 is 1.60. The zero-order chi connectivity index (χ0) is 16.5. The van der Waals surface area contributed by atoms with Gasteiger partial charge < -0.3 is 14.2 Å². The van der Waals surface area contributed by atoms with Crippen LogP contribution in [0.3, 0.4) is 0 Å². The Bertz CT molecular complexity index is 880. The number of fused-ring (bicyclic) bond motifs is 1. The van der Waals surface area contributed by atoms with Crippen LogP contribution in [-0.4, -0.2) is 41.7 Å². The molecule has 1 aromatic carbocycles. The number of carbonyl (C=O) groups excluding carboxylic acids is 1. The van der Waals surface area contributed by atoms with Gasteiger partial charge in [0, 0.05) is 25.0 Å². The van der Waals surface area contributed by atoms with Crippen molar-refractivity contribution >= 4 is 27.5 Å². The van der Waals surface area contributed by atoms with Crippen molar-refractivity contribution in [2.24, 2.45) is 0 Å². The van der Waals surface area contributed by atoms with Crippen molar-refractivity contribution in [2.45, 2.75) is 6.54 Å². The van der Waals surface area contributed by atoms with Gasteiger partial charge in [-0.05, 0) is 35.2 Å². The van der Waals surface area contributed by atoms with E-state index in [1.54, 1.807) is 17.4 Å². The molecule has 1 fully saturated rings. The molecule has 124 valence electrons. The second-order valence-corrected chi connectivity index (χ2v) is 6.73. The molecule has 4 rings (SSSR count). The van der Waals surface area contributed by atoms with Crippen LogP contribution in [0.5, 0.6) is 0 Å².